The summed E-state index contributed by atoms with van der Waals surface area (Å²) in [6.45, 7) is 1.51. The fourth-order valence-corrected chi connectivity index (χ4v) is 4.36. The minimum atomic E-state index is -0.381. The molecule has 1 aromatic rings. The molecule has 23 heavy (non-hydrogen) atoms. The van der Waals surface area contributed by atoms with Crippen molar-refractivity contribution < 1.29 is 14.0 Å². The Bertz CT molecular complexity index is 604. The summed E-state index contributed by atoms with van der Waals surface area (Å²) in [6, 6.07) is 5.87. The fraction of sp³-hybridized carbons (Fsp3) is 0.529. The van der Waals surface area contributed by atoms with E-state index in [1.54, 1.807) is 24.1 Å². The quantitative estimate of drug-likeness (QED) is 0.832. The third-order valence-corrected chi connectivity index (χ3v) is 5.63. The Morgan fingerprint density at radius 2 is 2.04 bits per heavy atom. The SMILES string of the molecule is CN1C(=O)CC[C@H](C(=O)N2CCSCC2)[C@@H]1c1cccc(F)c1. The Hall–Kier alpha value is -1.56. The summed E-state index contributed by atoms with van der Waals surface area (Å²) in [6.07, 6.45) is 0.911. The highest BCUT2D eigenvalue weighted by Crippen LogP contribution is 2.37. The highest BCUT2D eigenvalue weighted by atomic mass is 32.2. The van der Waals surface area contributed by atoms with Gasteiger partial charge in [0.15, 0.2) is 0 Å². The van der Waals surface area contributed by atoms with Crippen LogP contribution in [-0.4, -0.2) is 53.3 Å². The van der Waals surface area contributed by atoms with E-state index in [1.165, 1.54) is 12.1 Å². The van der Waals surface area contributed by atoms with Crippen LogP contribution in [0.15, 0.2) is 24.3 Å². The van der Waals surface area contributed by atoms with Crippen LogP contribution in [0.1, 0.15) is 24.4 Å². The molecule has 2 atom stereocenters. The summed E-state index contributed by atoms with van der Waals surface area (Å²) in [4.78, 5) is 28.6. The van der Waals surface area contributed by atoms with Gasteiger partial charge in [0, 0.05) is 38.1 Å². The number of carbonyl (C=O) groups is 2. The number of carbonyl (C=O) groups excluding carboxylic acids is 2. The molecule has 2 amide bonds. The average molecular weight is 336 g/mol. The zero-order valence-corrected chi connectivity index (χ0v) is 14.0. The number of piperidine rings is 1. The fourth-order valence-electron chi connectivity index (χ4n) is 3.46. The van der Waals surface area contributed by atoms with Crippen molar-refractivity contribution in [2.75, 3.05) is 31.6 Å². The van der Waals surface area contributed by atoms with E-state index >= 15 is 0 Å². The van der Waals surface area contributed by atoms with E-state index in [2.05, 4.69) is 0 Å². The first-order chi connectivity index (χ1) is 11.1. The number of halogens is 1. The minimum Gasteiger partial charge on any atom is -0.341 e. The Kier molecular flexibility index (Phi) is 4.90. The van der Waals surface area contributed by atoms with Gasteiger partial charge >= 0.3 is 0 Å². The van der Waals surface area contributed by atoms with Crippen LogP contribution in [0, 0.1) is 11.7 Å². The Morgan fingerprint density at radius 3 is 2.74 bits per heavy atom. The average Bonchev–Trinajstić information content (AvgIpc) is 2.57. The molecule has 2 saturated heterocycles. The zero-order chi connectivity index (χ0) is 16.4. The van der Waals surface area contributed by atoms with E-state index in [-0.39, 0.29) is 29.6 Å². The maximum Gasteiger partial charge on any atom is 0.228 e. The molecule has 0 aliphatic carbocycles. The van der Waals surface area contributed by atoms with Crippen LogP contribution in [0.3, 0.4) is 0 Å². The lowest BCUT2D eigenvalue weighted by molar-refractivity contribution is -0.146. The number of amides is 2. The second-order valence-electron chi connectivity index (χ2n) is 6.09. The number of likely N-dealkylation sites (tertiary alicyclic amines) is 1. The van der Waals surface area contributed by atoms with Gasteiger partial charge in [-0.3, -0.25) is 9.59 Å². The predicted octanol–water partition coefficient (Wildman–Crippen LogP) is 2.31. The van der Waals surface area contributed by atoms with Gasteiger partial charge in [0.1, 0.15) is 5.82 Å². The summed E-state index contributed by atoms with van der Waals surface area (Å²) in [5, 5.41) is 0. The monoisotopic (exact) mass is 336 g/mol. The van der Waals surface area contributed by atoms with Gasteiger partial charge in [0.2, 0.25) is 11.8 Å². The van der Waals surface area contributed by atoms with Crippen LogP contribution in [0.5, 0.6) is 0 Å². The lowest BCUT2D eigenvalue weighted by Gasteiger charge is -2.41. The molecule has 4 nitrogen and oxygen atoms in total. The molecule has 2 aliphatic rings. The molecule has 1 aromatic carbocycles. The molecular weight excluding hydrogens is 315 g/mol. The molecule has 0 saturated carbocycles. The standard InChI is InChI=1S/C17H21FN2O2S/c1-19-15(21)6-5-14(17(22)20-7-9-23-10-8-20)16(19)12-3-2-4-13(18)11-12/h2-4,11,14,16H,5-10H2,1H3/t14-,16-/m0/s1. The minimum absolute atomic E-state index is 0.0116. The van der Waals surface area contributed by atoms with E-state index in [4.69, 9.17) is 0 Å². The lowest BCUT2D eigenvalue weighted by Crippen LogP contribution is -2.49. The molecule has 0 unspecified atom stereocenters. The van der Waals surface area contributed by atoms with Crippen LogP contribution in [-0.2, 0) is 9.59 Å². The first-order valence-electron chi connectivity index (χ1n) is 7.95. The van der Waals surface area contributed by atoms with E-state index in [1.807, 2.05) is 16.7 Å². The van der Waals surface area contributed by atoms with E-state index in [9.17, 15) is 14.0 Å². The molecule has 0 N–H and O–H groups in total. The normalized spacial score (nSPS) is 25.6. The van der Waals surface area contributed by atoms with Crippen molar-refractivity contribution in [1.29, 1.82) is 0 Å². The molecule has 124 valence electrons. The number of hydrogen-bond acceptors (Lipinski definition) is 3. The van der Waals surface area contributed by atoms with Gasteiger partial charge in [-0.2, -0.15) is 11.8 Å². The molecule has 2 fully saturated rings. The maximum absolute atomic E-state index is 13.6. The van der Waals surface area contributed by atoms with Crippen molar-refractivity contribution in [3.63, 3.8) is 0 Å². The smallest absolute Gasteiger partial charge is 0.228 e. The molecule has 6 heteroatoms. The number of thioether (sulfide) groups is 1. The molecular formula is C17H21FN2O2S. The van der Waals surface area contributed by atoms with Gasteiger partial charge in [-0.1, -0.05) is 12.1 Å². The molecule has 2 aliphatic heterocycles. The largest absolute Gasteiger partial charge is 0.341 e. The number of benzene rings is 1. The highest BCUT2D eigenvalue weighted by Gasteiger charge is 2.40. The first-order valence-corrected chi connectivity index (χ1v) is 9.11. The van der Waals surface area contributed by atoms with E-state index < -0.39 is 0 Å². The Morgan fingerprint density at radius 1 is 1.30 bits per heavy atom. The lowest BCUT2D eigenvalue weighted by atomic mass is 9.83. The predicted molar refractivity (Wildman–Crippen MR) is 88.5 cm³/mol. The van der Waals surface area contributed by atoms with E-state index in [0.29, 0.717) is 18.4 Å². The Labute approximate surface area is 140 Å². The third kappa shape index (κ3) is 3.37. The van der Waals surface area contributed by atoms with Gasteiger partial charge < -0.3 is 9.80 Å². The van der Waals surface area contributed by atoms with Gasteiger partial charge in [0.25, 0.3) is 0 Å². The van der Waals surface area contributed by atoms with Crippen molar-refractivity contribution in [1.82, 2.24) is 9.80 Å². The maximum atomic E-state index is 13.6. The molecule has 2 heterocycles. The molecule has 3 rings (SSSR count). The molecule has 0 spiro atoms. The van der Waals surface area contributed by atoms with Crippen LogP contribution in [0.2, 0.25) is 0 Å². The third-order valence-electron chi connectivity index (χ3n) is 4.69. The summed E-state index contributed by atoms with van der Waals surface area (Å²) >= 11 is 1.85. The van der Waals surface area contributed by atoms with Crippen molar-refractivity contribution in [3.8, 4) is 0 Å². The summed E-state index contributed by atoms with van der Waals surface area (Å²) in [7, 11) is 1.71. The van der Waals surface area contributed by atoms with Gasteiger partial charge in [-0.15, -0.1) is 0 Å². The second-order valence-corrected chi connectivity index (χ2v) is 7.31. The zero-order valence-electron chi connectivity index (χ0n) is 13.2. The first kappa shape index (κ1) is 16.3. The number of rotatable bonds is 2. The highest BCUT2D eigenvalue weighted by molar-refractivity contribution is 7.99. The molecule has 0 bridgehead atoms. The molecule has 0 radical (unpaired) electrons. The van der Waals surface area contributed by atoms with Crippen LogP contribution in [0.4, 0.5) is 4.39 Å². The number of hydrogen-bond donors (Lipinski definition) is 0. The van der Waals surface area contributed by atoms with Crippen molar-refractivity contribution >= 4 is 23.6 Å². The van der Waals surface area contributed by atoms with Crippen LogP contribution >= 0.6 is 11.8 Å². The van der Waals surface area contributed by atoms with Crippen molar-refractivity contribution in [3.05, 3.63) is 35.6 Å². The number of nitrogens with zero attached hydrogens (tertiary/aromatic N) is 2. The van der Waals surface area contributed by atoms with E-state index in [0.717, 1.165) is 24.6 Å². The second kappa shape index (κ2) is 6.91. The Balaban J connectivity index is 1.89. The van der Waals surface area contributed by atoms with Gasteiger partial charge in [0.05, 0.1) is 12.0 Å². The molecule has 0 aromatic heterocycles. The summed E-state index contributed by atoms with van der Waals surface area (Å²) in [5.41, 5.74) is 0.699. The topological polar surface area (TPSA) is 40.6 Å². The van der Waals surface area contributed by atoms with Crippen molar-refractivity contribution in [2.24, 2.45) is 5.92 Å². The van der Waals surface area contributed by atoms with Gasteiger partial charge in [-0.05, 0) is 24.1 Å². The van der Waals surface area contributed by atoms with Crippen LogP contribution < -0.4 is 0 Å². The van der Waals surface area contributed by atoms with Gasteiger partial charge in [-0.25, -0.2) is 4.39 Å². The van der Waals surface area contributed by atoms with Crippen molar-refractivity contribution in [2.45, 2.75) is 18.9 Å². The summed E-state index contributed by atoms with van der Waals surface area (Å²) in [5.74, 6) is 1.39. The summed E-state index contributed by atoms with van der Waals surface area (Å²) < 4.78 is 13.6. The van der Waals surface area contributed by atoms with Crippen LogP contribution in [0.25, 0.3) is 0 Å².